The molecule has 2 heterocycles. The highest BCUT2D eigenvalue weighted by molar-refractivity contribution is 7.89. The molecule has 3 rings (SSSR count). The molecule has 0 aliphatic carbocycles. The number of rotatable bonds is 3. The minimum atomic E-state index is -3.70. The summed E-state index contributed by atoms with van der Waals surface area (Å²) in [6.07, 6.45) is 1.63. The summed E-state index contributed by atoms with van der Waals surface area (Å²) in [7, 11) is -3.70. The molecule has 1 aromatic carbocycles. The summed E-state index contributed by atoms with van der Waals surface area (Å²) >= 11 is 0. The van der Waals surface area contributed by atoms with E-state index >= 15 is 0 Å². The van der Waals surface area contributed by atoms with Crippen LogP contribution in [0.1, 0.15) is 0 Å². The second kappa shape index (κ2) is 5.69. The summed E-state index contributed by atoms with van der Waals surface area (Å²) in [5.74, 6) is 0. The predicted octanol–water partition coefficient (Wildman–Crippen LogP) is 0.617. The molecule has 112 valence electrons. The zero-order chi connectivity index (χ0) is 14.9. The van der Waals surface area contributed by atoms with Gasteiger partial charge >= 0.3 is 0 Å². The monoisotopic (exact) mass is 308 g/mol. The quantitative estimate of drug-likeness (QED) is 0.899. The van der Waals surface area contributed by atoms with Crippen LogP contribution in [0, 0.1) is 0 Å². The number of hydrogen-bond donors (Lipinski definition) is 1. The van der Waals surface area contributed by atoms with Crippen molar-refractivity contribution in [1.29, 1.82) is 0 Å². The molecule has 21 heavy (non-hydrogen) atoms. The normalized spacial score (nSPS) is 20.7. The first-order chi connectivity index (χ1) is 10.1. The van der Waals surface area contributed by atoms with Crippen LogP contribution in [0.25, 0.3) is 10.9 Å². The molecule has 1 N–H and O–H groups in total. The van der Waals surface area contributed by atoms with Gasteiger partial charge in [0, 0.05) is 18.1 Å². The Balaban J connectivity index is 2.12. The van der Waals surface area contributed by atoms with Crippen LogP contribution in [0.5, 0.6) is 0 Å². The molecule has 0 saturated carbocycles. The Kier molecular flexibility index (Phi) is 3.90. The van der Waals surface area contributed by atoms with Crippen LogP contribution in [-0.2, 0) is 14.8 Å². The van der Waals surface area contributed by atoms with Crippen molar-refractivity contribution >= 4 is 20.9 Å². The second-order valence-corrected chi connectivity index (χ2v) is 6.71. The van der Waals surface area contributed by atoms with Crippen LogP contribution < -0.4 is 0 Å². The van der Waals surface area contributed by atoms with Crippen molar-refractivity contribution < 1.29 is 18.3 Å². The third kappa shape index (κ3) is 2.53. The molecule has 0 amide bonds. The highest BCUT2D eigenvalue weighted by Crippen LogP contribution is 2.26. The zero-order valence-electron chi connectivity index (χ0n) is 11.3. The Morgan fingerprint density at radius 2 is 2.19 bits per heavy atom. The van der Waals surface area contributed by atoms with Crippen molar-refractivity contribution in [2.45, 2.75) is 10.9 Å². The summed E-state index contributed by atoms with van der Waals surface area (Å²) in [5.41, 5.74) is 0.632. The number of aromatic nitrogens is 1. The zero-order valence-corrected chi connectivity index (χ0v) is 12.2. The third-order valence-corrected chi connectivity index (χ3v) is 5.59. The highest BCUT2D eigenvalue weighted by Gasteiger charge is 2.34. The maximum absolute atomic E-state index is 12.9. The number of ether oxygens (including phenoxy) is 1. The van der Waals surface area contributed by atoms with E-state index in [1.807, 2.05) is 0 Å². The molecule has 0 bridgehead atoms. The van der Waals surface area contributed by atoms with E-state index in [1.54, 1.807) is 36.5 Å². The Labute approximate surface area is 123 Å². The Morgan fingerprint density at radius 3 is 3.00 bits per heavy atom. The van der Waals surface area contributed by atoms with Crippen molar-refractivity contribution in [3.63, 3.8) is 0 Å². The van der Waals surface area contributed by atoms with Gasteiger partial charge in [0.25, 0.3) is 0 Å². The number of pyridine rings is 1. The van der Waals surface area contributed by atoms with Crippen LogP contribution in [-0.4, -0.2) is 55.2 Å². The van der Waals surface area contributed by atoms with Gasteiger partial charge in [-0.1, -0.05) is 6.07 Å². The van der Waals surface area contributed by atoms with E-state index < -0.39 is 16.1 Å². The number of aliphatic hydroxyl groups is 1. The lowest BCUT2D eigenvalue weighted by Gasteiger charge is -2.33. The van der Waals surface area contributed by atoms with Crippen LogP contribution in [0.3, 0.4) is 0 Å². The van der Waals surface area contributed by atoms with Gasteiger partial charge in [-0.25, -0.2) is 8.42 Å². The third-order valence-electron chi connectivity index (χ3n) is 3.58. The molecule has 1 unspecified atom stereocenters. The fraction of sp³-hybridized carbons (Fsp3) is 0.357. The SMILES string of the molecule is O=S(=O)(c1cccc2ncccc12)N1CCOCC1CO. The van der Waals surface area contributed by atoms with E-state index in [4.69, 9.17) is 4.74 Å². The van der Waals surface area contributed by atoms with Gasteiger partial charge in [-0.3, -0.25) is 4.98 Å². The number of sulfonamides is 1. The summed E-state index contributed by atoms with van der Waals surface area (Å²) in [6.45, 7) is 0.518. The highest BCUT2D eigenvalue weighted by atomic mass is 32.2. The molecule has 1 aromatic heterocycles. The van der Waals surface area contributed by atoms with Gasteiger partial charge in [0.1, 0.15) is 0 Å². The number of morpholine rings is 1. The lowest BCUT2D eigenvalue weighted by molar-refractivity contribution is 0.0109. The van der Waals surface area contributed by atoms with E-state index in [0.717, 1.165) is 0 Å². The Hall–Kier alpha value is -1.54. The first-order valence-electron chi connectivity index (χ1n) is 6.69. The summed E-state index contributed by atoms with van der Waals surface area (Å²) in [4.78, 5) is 4.40. The Morgan fingerprint density at radius 1 is 1.33 bits per heavy atom. The first kappa shape index (κ1) is 14.4. The van der Waals surface area contributed by atoms with Gasteiger partial charge < -0.3 is 9.84 Å². The molecular formula is C14H16N2O4S. The lowest BCUT2D eigenvalue weighted by atomic mass is 10.2. The van der Waals surface area contributed by atoms with Crippen molar-refractivity contribution in [3.8, 4) is 0 Å². The van der Waals surface area contributed by atoms with Crippen LogP contribution in [0.2, 0.25) is 0 Å². The second-order valence-electron chi connectivity index (χ2n) is 4.85. The predicted molar refractivity (Wildman–Crippen MR) is 77.3 cm³/mol. The summed E-state index contributed by atoms with van der Waals surface area (Å²) < 4.78 is 32.4. The fourth-order valence-electron chi connectivity index (χ4n) is 2.53. The molecule has 2 aromatic rings. The number of nitrogens with zero attached hydrogens (tertiary/aromatic N) is 2. The van der Waals surface area contributed by atoms with E-state index in [9.17, 15) is 13.5 Å². The van der Waals surface area contributed by atoms with E-state index in [-0.39, 0.29) is 24.7 Å². The number of benzene rings is 1. The summed E-state index contributed by atoms with van der Waals surface area (Å²) in [5, 5.41) is 9.97. The van der Waals surface area contributed by atoms with Gasteiger partial charge in [-0.2, -0.15) is 4.31 Å². The van der Waals surface area contributed by atoms with Crippen molar-refractivity contribution in [2.75, 3.05) is 26.4 Å². The topological polar surface area (TPSA) is 79.7 Å². The minimum Gasteiger partial charge on any atom is -0.395 e. The largest absolute Gasteiger partial charge is 0.395 e. The van der Waals surface area contributed by atoms with Crippen LogP contribution in [0.15, 0.2) is 41.4 Å². The molecule has 1 atom stereocenters. The smallest absolute Gasteiger partial charge is 0.244 e. The first-order valence-corrected chi connectivity index (χ1v) is 8.13. The molecule has 1 aliphatic rings. The molecule has 6 nitrogen and oxygen atoms in total. The molecular weight excluding hydrogens is 292 g/mol. The molecule has 0 spiro atoms. The minimum absolute atomic E-state index is 0.207. The van der Waals surface area contributed by atoms with E-state index in [1.165, 1.54) is 4.31 Å². The molecule has 7 heteroatoms. The number of fused-ring (bicyclic) bond motifs is 1. The van der Waals surface area contributed by atoms with E-state index in [0.29, 0.717) is 17.5 Å². The fourth-order valence-corrected chi connectivity index (χ4v) is 4.31. The van der Waals surface area contributed by atoms with Gasteiger partial charge in [-0.05, 0) is 24.3 Å². The van der Waals surface area contributed by atoms with Crippen molar-refractivity contribution in [1.82, 2.24) is 9.29 Å². The van der Waals surface area contributed by atoms with Gasteiger partial charge in [-0.15, -0.1) is 0 Å². The maximum Gasteiger partial charge on any atom is 0.244 e. The van der Waals surface area contributed by atoms with Crippen LogP contribution in [0.4, 0.5) is 0 Å². The maximum atomic E-state index is 12.9. The number of hydrogen-bond acceptors (Lipinski definition) is 5. The molecule has 1 aliphatic heterocycles. The summed E-state index contributed by atoms with van der Waals surface area (Å²) in [6, 6.07) is 7.93. The molecule has 1 saturated heterocycles. The Bertz CT molecular complexity index is 742. The average molecular weight is 308 g/mol. The van der Waals surface area contributed by atoms with Gasteiger partial charge in [0.15, 0.2) is 0 Å². The molecule has 1 fully saturated rings. The van der Waals surface area contributed by atoms with Crippen molar-refractivity contribution in [2.24, 2.45) is 0 Å². The standard InChI is InChI=1S/C14H16N2O4S/c17-9-11-10-20-8-7-16(11)21(18,19)14-5-1-4-13-12(14)3-2-6-15-13/h1-6,11,17H,7-10H2. The number of aliphatic hydroxyl groups excluding tert-OH is 1. The van der Waals surface area contributed by atoms with Crippen LogP contribution >= 0.6 is 0 Å². The van der Waals surface area contributed by atoms with Gasteiger partial charge in [0.2, 0.25) is 10.0 Å². The molecule has 0 radical (unpaired) electrons. The van der Waals surface area contributed by atoms with Crippen molar-refractivity contribution in [3.05, 3.63) is 36.5 Å². The van der Waals surface area contributed by atoms with Gasteiger partial charge in [0.05, 0.1) is 36.3 Å². The lowest BCUT2D eigenvalue weighted by Crippen LogP contribution is -2.50. The van der Waals surface area contributed by atoms with E-state index in [2.05, 4.69) is 4.98 Å². The average Bonchev–Trinajstić information content (AvgIpc) is 2.54.